The van der Waals surface area contributed by atoms with E-state index in [-0.39, 0.29) is 6.61 Å². The van der Waals surface area contributed by atoms with Gasteiger partial charge in [-0.05, 0) is 55.7 Å². The number of pyridine rings is 1. The highest BCUT2D eigenvalue weighted by atomic mass is 16.3. The van der Waals surface area contributed by atoms with E-state index in [2.05, 4.69) is 35.9 Å². The Balaban J connectivity index is 2.19. The van der Waals surface area contributed by atoms with E-state index in [0.717, 1.165) is 28.1 Å². The largest absolute Gasteiger partial charge is 0.392 e. The smallest absolute Gasteiger partial charge is 0.138 e. The van der Waals surface area contributed by atoms with Crippen molar-refractivity contribution in [3.05, 3.63) is 53.0 Å². The molecule has 0 saturated heterocycles. The predicted molar refractivity (Wildman–Crippen MR) is 79.0 cm³/mol. The van der Waals surface area contributed by atoms with Crippen LogP contribution in [0.4, 0.5) is 0 Å². The van der Waals surface area contributed by atoms with Crippen molar-refractivity contribution in [3.63, 3.8) is 0 Å². The lowest BCUT2D eigenvalue weighted by Crippen LogP contribution is -2.00. The lowest BCUT2D eigenvalue weighted by atomic mass is 10.1. The summed E-state index contributed by atoms with van der Waals surface area (Å²) in [5, 5.41) is 9.22. The molecule has 3 rings (SSSR count). The van der Waals surface area contributed by atoms with Crippen LogP contribution in [-0.4, -0.2) is 19.6 Å². The van der Waals surface area contributed by atoms with Gasteiger partial charge in [-0.1, -0.05) is 6.07 Å². The van der Waals surface area contributed by atoms with Crippen LogP contribution in [0.1, 0.15) is 22.4 Å². The topological polar surface area (TPSA) is 50.9 Å². The zero-order chi connectivity index (χ0) is 14.3. The van der Waals surface area contributed by atoms with E-state index in [4.69, 9.17) is 0 Å². The summed E-state index contributed by atoms with van der Waals surface area (Å²) < 4.78 is 1.98. The molecule has 4 heteroatoms. The molecule has 0 aliphatic carbocycles. The van der Waals surface area contributed by atoms with Gasteiger partial charge in [0.05, 0.1) is 17.6 Å². The number of hydrogen-bond acceptors (Lipinski definition) is 3. The van der Waals surface area contributed by atoms with Crippen molar-refractivity contribution in [1.82, 2.24) is 14.5 Å². The van der Waals surface area contributed by atoms with E-state index < -0.39 is 0 Å². The predicted octanol–water partition coefficient (Wildman–Crippen LogP) is 2.84. The minimum absolute atomic E-state index is 0.0160. The van der Waals surface area contributed by atoms with Crippen LogP contribution in [0.15, 0.2) is 30.6 Å². The Morgan fingerprint density at radius 3 is 2.55 bits per heavy atom. The van der Waals surface area contributed by atoms with Crippen LogP contribution in [0.25, 0.3) is 16.9 Å². The summed E-state index contributed by atoms with van der Waals surface area (Å²) in [5.74, 6) is 0.824. The molecule has 2 heterocycles. The molecule has 4 nitrogen and oxygen atoms in total. The average Bonchev–Trinajstić information content (AvgIpc) is 2.82. The number of aliphatic hydroxyl groups excluding tert-OH is 1. The maximum Gasteiger partial charge on any atom is 0.138 e. The van der Waals surface area contributed by atoms with Crippen LogP contribution >= 0.6 is 0 Å². The van der Waals surface area contributed by atoms with Crippen molar-refractivity contribution in [1.29, 1.82) is 0 Å². The second kappa shape index (κ2) is 4.72. The number of rotatable bonds is 2. The molecule has 0 unspecified atom stereocenters. The summed E-state index contributed by atoms with van der Waals surface area (Å²) in [6.07, 6.45) is 1.80. The van der Waals surface area contributed by atoms with Crippen LogP contribution in [0, 0.1) is 20.8 Å². The fourth-order valence-corrected chi connectivity index (χ4v) is 2.32. The van der Waals surface area contributed by atoms with E-state index >= 15 is 0 Å². The fourth-order valence-electron chi connectivity index (χ4n) is 2.32. The molecule has 0 radical (unpaired) electrons. The molecule has 0 atom stereocenters. The van der Waals surface area contributed by atoms with Gasteiger partial charge in [0.25, 0.3) is 0 Å². The number of aromatic nitrogens is 3. The van der Waals surface area contributed by atoms with E-state index in [1.165, 1.54) is 11.1 Å². The van der Waals surface area contributed by atoms with E-state index in [0.29, 0.717) is 0 Å². The maximum absolute atomic E-state index is 9.22. The van der Waals surface area contributed by atoms with Gasteiger partial charge in [-0.2, -0.15) is 0 Å². The number of hydrogen-bond donors (Lipinski definition) is 1. The SMILES string of the molecule is Cc1cc2ncn(-c3ccc(CO)c(C)n3)c2cc1C. The molecule has 0 amide bonds. The zero-order valence-electron chi connectivity index (χ0n) is 11.9. The average molecular weight is 267 g/mol. The number of aryl methyl sites for hydroxylation is 3. The van der Waals surface area contributed by atoms with Gasteiger partial charge in [-0.25, -0.2) is 9.97 Å². The highest BCUT2D eigenvalue weighted by molar-refractivity contribution is 5.78. The number of fused-ring (bicyclic) bond motifs is 1. The maximum atomic E-state index is 9.22. The molecule has 0 aliphatic heterocycles. The standard InChI is InChI=1S/C16H17N3O/c1-10-6-14-15(7-11(10)2)19(9-17-14)16-5-4-13(8-20)12(3)18-16/h4-7,9,20H,8H2,1-3H3. The Morgan fingerprint density at radius 2 is 1.85 bits per heavy atom. The van der Waals surface area contributed by atoms with Crippen LogP contribution < -0.4 is 0 Å². The third-order valence-electron chi connectivity index (χ3n) is 3.76. The molecule has 1 N–H and O–H groups in total. The molecule has 102 valence electrons. The van der Waals surface area contributed by atoms with Gasteiger partial charge in [0.15, 0.2) is 0 Å². The Morgan fingerprint density at radius 1 is 1.10 bits per heavy atom. The van der Waals surface area contributed by atoms with Gasteiger partial charge in [-0.3, -0.25) is 4.57 Å². The molecule has 0 aliphatic rings. The molecule has 0 saturated carbocycles. The lowest BCUT2D eigenvalue weighted by molar-refractivity contribution is 0.280. The Labute approximate surface area is 117 Å². The van der Waals surface area contributed by atoms with Crippen molar-refractivity contribution in [3.8, 4) is 5.82 Å². The van der Waals surface area contributed by atoms with Gasteiger partial charge >= 0.3 is 0 Å². The summed E-state index contributed by atoms with van der Waals surface area (Å²) in [6, 6.07) is 8.05. The van der Waals surface area contributed by atoms with E-state index in [1.54, 1.807) is 6.33 Å². The minimum atomic E-state index is 0.0160. The fraction of sp³-hybridized carbons (Fsp3) is 0.250. The van der Waals surface area contributed by atoms with Crippen LogP contribution in [0.2, 0.25) is 0 Å². The Bertz CT molecular complexity index is 790. The summed E-state index contributed by atoms with van der Waals surface area (Å²) in [5.41, 5.74) is 6.20. The van der Waals surface area contributed by atoms with E-state index in [1.807, 2.05) is 23.6 Å². The summed E-state index contributed by atoms with van der Waals surface area (Å²) in [4.78, 5) is 8.99. The van der Waals surface area contributed by atoms with Crippen molar-refractivity contribution < 1.29 is 5.11 Å². The van der Waals surface area contributed by atoms with Gasteiger partial charge in [-0.15, -0.1) is 0 Å². The van der Waals surface area contributed by atoms with Crippen LogP contribution in [0.5, 0.6) is 0 Å². The first kappa shape index (κ1) is 12.8. The number of aliphatic hydroxyl groups is 1. The summed E-state index contributed by atoms with van der Waals surface area (Å²) in [6.45, 7) is 6.11. The van der Waals surface area contributed by atoms with Crippen molar-refractivity contribution in [2.24, 2.45) is 0 Å². The van der Waals surface area contributed by atoms with E-state index in [9.17, 15) is 5.11 Å². The molecule has 2 aromatic heterocycles. The molecule has 3 aromatic rings. The van der Waals surface area contributed by atoms with Gasteiger partial charge < -0.3 is 5.11 Å². The number of benzene rings is 1. The second-order valence-electron chi connectivity index (χ2n) is 5.11. The Kier molecular flexibility index (Phi) is 3.03. The highest BCUT2D eigenvalue weighted by Gasteiger charge is 2.09. The molecule has 1 aromatic carbocycles. The molecule has 0 fully saturated rings. The van der Waals surface area contributed by atoms with Gasteiger partial charge in [0.1, 0.15) is 12.1 Å². The third-order valence-corrected chi connectivity index (χ3v) is 3.76. The van der Waals surface area contributed by atoms with Crippen molar-refractivity contribution >= 4 is 11.0 Å². The lowest BCUT2D eigenvalue weighted by Gasteiger charge is -2.08. The minimum Gasteiger partial charge on any atom is -0.392 e. The van der Waals surface area contributed by atoms with Crippen molar-refractivity contribution in [2.75, 3.05) is 0 Å². The van der Waals surface area contributed by atoms with Crippen LogP contribution in [-0.2, 0) is 6.61 Å². The molecule has 20 heavy (non-hydrogen) atoms. The van der Waals surface area contributed by atoms with Crippen LogP contribution in [0.3, 0.4) is 0 Å². The number of nitrogens with zero attached hydrogens (tertiary/aromatic N) is 3. The summed E-state index contributed by atoms with van der Waals surface area (Å²) in [7, 11) is 0. The quantitative estimate of drug-likeness (QED) is 0.776. The second-order valence-corrected chi connectivity index (χ2v) is 5.11. The van der Waals surface area contributed by atoms with Gasteiger partial charge in [0, 0.05) is 5.69 Å². The Hall–Kier alpha value is -2.20. The third kappa shape index (κ3) is 1.98. The first-order valence-electron chi connectivity index (χ1n) is 6.62. The van der Waals surface area contributed by atoms with Gasteiger partial charge in [0.2, 0.25) is 0 Å². The monoisotopic (exact) mass is 267 g/mol. The summed E-state index contributed by atoms with van der Waals surface area (Å²) >= 11 is 0. The number of imidazole rings is 1. The highest BCUT2D eigenvalue weighted by Crippen LogP contribution is 2.21. The normalized spacial score (nSPS) is 11.2. The molecular weight excluding hydrogens is 250 g/mol. The zero-order valence-corrected chi connectivity index (χ0v) is 11.9. The molecule has 0 bridgehead atoms. The molecular formula is C16H17N3O. The first-order valence-corrected chi connectivity index (χ1v) is 6.62. The molecule has 0 spiro atoms. The first-order chi connectivity index (χ1) is 9.60. The van der Waals surface area contributed by atoms with Crippen molar-refractivity contribution in [2.45, 2.75) is 27.4 Å².